The Hall–Kier alpha value is -4.45. The number of aliphatic hydroxyl groups excluding tert-OH is 1. The fraction of sp³-hybridized carbons (Fsp3) is 0.316. The minimum atomic E-state index is -1.94. The van der Waals surface area contributed by atoms with Gasteiger partial charge in [0.1, 0.15) is 29.5 Å². The summed E-state index contributed by atoms with van der Waals surface area (Å²) in [7, 11) is 4.71. The molecule has 1 N–H and O–H groups in total. The lowest BCUT2D eigenvalue weighted by atomic mass is 9.91. The Labute approximate surface area is 291 Å². The van der Waals surface area contributed by atoms with Crippen molar-refractivity contribution in [2.75, 3.05) is 21.3 Å². The molecule has 0 saturated carbocycles. The van der Waals surface area contributed by atoms with Gasteiger partial charge in [-0.3, -0.25) is 4.79 Å². The number of esters is 1. The first kappa shape index (κ1) is 37.4. The Morgan fingerprint density at radius 1 is 0.755 bits per heavy atom. The van der Waals surface area contributed by atoms with Gasteiger partial charge in [0.15, 0.2) is 17.6 Å². The van der Waals surface area contributed by atoms with Gasteiger partial charge in [-0.25, -0.2) is 4.79 Å². The Morgan fingerprint density at radius 3 is 1.67 bits per heavy atom. The molecule has 0 aliphatic heterocycles. The van der Waals surface area contributed by atoms with E-state index in [2.05, 4.69) is 0 Å². The highest BCUT2D eigenvalue weighted by atomic mass is 35.5. The Kier molecular flexibility index (Phi) is 13.6. The number of rotatable bonds is 18. The van der Waals surface area contributed by atoms with Crippen molar-refractivity contribution in [1.82, 2.24) is 0 Å². The molecule has 0 saturated heterocycles. The van der Waals surface area contributed by atoms with E-state index in [0.717, 1.165) is 11.1 Å². The van der Waals surface area contributed by atoms with Gasteiger partial charge in [0.2, 0.25) is 0 Å². The first-order valence-electron chi connectivity index (χ1n) is 15.5. The second kappa shape index (κ2) is 17.8. The third-order valence-electron chi connectivity index (χ3n) is 7.93. The SMILES string of the molecule is COc1ccc(CO[C@H]([C@@H](C)O)[C@H](OCc2ccc(OC)cc2)[C@@](C)(OCc2ccc(OC)cc2)C(=O)Oc2c(Cl)cccc2C=O)cc1. The molecule has 4 rings (SSSR count). The van der Waals surface area contributed by atoms with Crippen molar-refractivity contribution in [3.05, 3.63) is 118 Å². The summed E-state index contributed by atoms with van der Waals surface area (Å²) in [6.45, 7) is 3.04. The molecule has 0 unspecified atom stereocenters. The highest BCUT2D eigenvalue weighted by Gasteiger charge is 2.51. The molecule has 11 heteroatoms. The van der Waals surface area contributed by atoms with Crippen LogP contribution >= 0.6 is 11.6 Å². The molecule has 260 valence electrons. The Balaban J connectivity index is 1.76. The zero-order valence-corrected chi connectivity index (χ0v) is 28.8. The van der Waals surface area contributed by atoms with Crippen molar-refractivity contribution in [2.24, 2.45) is 0 Å². The molecular weight excluding hydrogens is 652 g/mol. The molecule has 0 aliphatic rings. The van der Waals surface area contributed by atoms with Crippen molar-refractivity contribution in [3.8, 4) is 23.0 Å². The molecule has 0 heterocycles. The first-order valence-corrected chi connectivity index (χ1v) is 15.9. The molecule has 0 bridgehead atoms. The summed E-state index contributed by atoms with van der Waals surface area (Å²) < 4.78 is 40.9. The van der Waals surface area contributed by atoms with E-state index in [4.69, 9.17) is 44.8 Å². The van der Waals surface area contributed by atoms with Crippen LogP contribution < -0.4 is 18.9 Å². The predicted molar refractivity (Wildman–Crippen MR) is 183 cm³/mol. The summed E-state index contributed by atoms with van der Waals surface area (Å²) in [6, 6.07) is 26.1. The van der Waals surface area contributed by atoms with Crippen LogP contribution in [0.2, 0.25) is 5.02 Å². The molecule has 49 heavy (non-hydrogen) atoms. The van der Waals surface area contributed by atoms with Gasteiger partial charge in [-0.05, 0) is 79.1 Å². The zero-order valence-electron chi connectivity index (χ0n) is 28.1. The number of aliphatic hydroxyl groups is 1. The van der Waals surface area contributed by atoms with E-state index in [0.29, 0.717) is 29.1 Å². The van der Waals surface area contributed by atoms with Crippen LogP contribution in [-0.2, 0) is 38.8 Å². The van der Waals surface area contributed by atoms with Crippen LogP contribution in [0.1, 0.15) is 40.9 Å². The van der Waals surface area contributed by atoms with Crippen LogP contribution in [0.4, 0.5) is 0 Å². The molecule has 0 radical (unpaired) electrons. The third-order valence-corrected chi connectivity index (χ3v) is 8.23. The molecule has 4 aromatic rings. The van der Waals surface area contributed by atoms with Crippen molar-refractivity contribution in [2.45, 2.75) is 57.6 Å². The number of methoxy groups -OCH3 is 3. The number of carbonyl (C=O) groups excluding carboxylic acids is 2. The molecule has 0 aromatic heterocycles. The summed E-state index contributed by atoms with van der Waals surface area (Å²) in [4.78, 5) is 26.3. The van der Waals surface area contributed by atoms with Gasteiger partial charge in [0.25, 0.3) is 0 Å². The summed E-state index contributed by atoms with van der Waals surface area (Å²) in [5, 5.41) is 11.2. The van der Waals surface area contributed by atoms with Gasteiger partial charge in [0.05, 0.1) is 57.8 Å². The molecule has 4 atom stereocenters. The van der Waals surface area contributed by atoms with E-state index in [1.807, 2.05) is 24.3 Å². The minimum absolute atomic E-state index is 0.00419. The number of benzene rings is 4. The Bertz CT molecular complexity index is 1640. The van der Waals surface area contributed by atoms with Crippen LogP contribution in [0.5, 0.6) is 23.0 Å². The number of aldehydes is 1. The van der Waals surface area contributed by atoms with Crippen LogP contribution in [0.25, 0.3) is 0 Å². The molecule has 0 amide bonds. The van der Waals surface area contributed by atoms with Gasteiger partial charge in [-0.1, -0.05) is 54.1 Å². The number of hydrogen-bond acceptors (Lipinski definition) is 10. The van der Waals surface area contributed by atoms with Crippen molar-refractivity contribution in [1.29, 1.82) is 0 Å². The third kappa shape index (κ3) is 9.81. The minimum Gasteiger partial charge on any atom is -0.497 e. The van der Waals surface area contributed by atoms with Crippen LogP contribution in [-0.4, -0.2) is 62.6 Å². The Morgan fingerprint density at radius 2 is 1.22 bits per heavy atom. The van der Waals surface area contributed by atoms with E-state index in [1.54, 1.807) is 75.9 Å². The molecule has 0 aliphatic carbocycles. The largest absolute Gasteiger partial charge is 0.497 e. The standard InChI is InChI=1S/C38H41ClO10/c1-25(41)34(46-22-26-9-15-30(43-3)16-10-26)36(47-23-27-11-17-31(44-4)18-12-27)38(2,48-24-28-13-19-32(45-5)20-14-28)37(42)49-35-29(21-40)7-6-8-33(35)39/h6-21,25,34,36,41H,22-24H2,1-5H3/t25-,34-,36+,38-/m1/s1. The highest BCUT2D eigenvalue weighted by molar-refractivity contribution is 6.32. The van der Waals surface area contributed by atoms with E-state index >= 15 is 0 Å². The second-order valence-corrected chi connectivity index (χ2v) is 11.8. The smallest absolute Gasteiger partial charge is 0.346 e. The average molecular weight is 693 g/mol. The lowest BCUT2D eigenvalue weighted by Gasteiger charge is -2.40. The monoisotopic (exact) mass is 692 g/mol. The summed E-state index contributed by atoms with van der Waals surface area (Å²) >= 11 is 6.40. The van der Waals surface area contributed by atoms with Gasteiger partial charge in [-0.15, -0.1) is 0 Å². The molecule has 0 fully saturated rings. The summed E-state index contributed by atoms with van der Waals surface area (Å²) in [5.41, 5.74) is 0.387. The molecule has 0 spiro atoms. The average Bonchev–Trinajstić information content (AvgIpc) is 3.13. The second-order valence-electron chi connectivity index (χ2n) is 11.4. The van der Waals surface area contributed by atoms with E-state index in [-0.39, 0.29) is 36.2 Å². The maximum absolute atomic E-state index is 14.4. The molecule has 4 aromatic carbocycles. The molecule has 10 nitrogen and oxygen atoms in total. The van der Waals surface area contributed by atoms with E-state index < -0.39 is 29.9 Å². The predicted octanol–water partition coefficient (Wildman–Crippen LogP) is 6.61. The maximum Gasteiger partial charge on any atom is 0.346 e. The topological polar surface area (TPSA) is 119 Å². The van der Waals surface area contributed by atoms with Crippen molar-refractivity contribution >= 4 is 23.9 Å². The quantitative estimate of drug-likeness (QED) is 0.0693. The van der Waals surface area contributed by atoms with Crippen molar-refractivity contribution in [3.63, 3.8) is 0 Å². The first-order chi connectivity index (χ1) is 23.6. The van der Waals surface area contributed by atoms with E-state index in [1.165, 1.54) is 26.0 Å². The maximum atomic E-state index is 14.4. The van der Waals surface area contributed by atoms with Crippen LogP contribution in [0, 0.1) is 0 Å². The fourth-order valence-corrected chi connectivity index (χ4v) is 5.22. The highest BCUT2D eigenvalue weighted by Crippen LogP contribution is 2.34. The van der Waals surface area contributed by atoms with Crippen LogP contribution in [0.3, 0.4) is 0 Å². The number of ether oxygens (including phenoxy) is 7. The summed E-state index contributed by atoms with van der Waals surface area (Å²) in [5.74, 6) is 0.925. The lowest BCUT2D eigenvalue weighted by molar-refractivity contribution is -0.221. The van der Waals surface area contributed by atoms with E-state index in [9.17, 15) is 14.7 Å². The fourth-order valence-electron chi connectivity index (χ4n) is 5.00. The summed E-state index contributed by atoms with van der Waals surface area (Å²) in [6.07, 6.45) is -2.99. The van der Waals surface area contributed by atoms with Gasteiger partial charge >= 0.3 is 5.97 Å². The van der Waals surface area contributed by atoms with Crippen LogP contribution in [0.15, 0.2) is 91.0 Å². The zero-order chi connectivity index (χ0) is 35.4. The van der Waals surface area contributed by atoms with Crippen molar-refractivity contribution < 1.29 is 47.9 Å². The van der Waals surface area contributed by atoms with Gasteiger partial charge < -0.3 is 38.3 Å². The lowest BCUT2D eigenvalue weighted by Crippen LogP contribution is -2.59. The number of carbonyl (C=O) groups is 2. The number of halogens is 1. The van der Waals surface area contributed by atoms with Gasteiger partial charge in [0, 0.05) is 0 Å². The van der Waals surface area contributed by atoms with Gasteiger partial charge in [-0.2, -0.15) is 0 Å². The molecular formula is C38H41ClO10. The number of hydrogen-bond donors (Lipinski definition) is 1. The number of para-hydroxylation sites is 1. The normalized spacial score (nSPS) is 14.2.